The molecule has 2 saturated heterocycles. The Kier molecular flexibility index (Phi) is 3.87. The van der Waals surface area contributed by atoms with Crippen LogP contribution in [0.15, 0.2) is 22.8 Å². The van der Waals surface area contributed by atoms with Crippen molar-refractivity contribution in [3.63, 3.8) is 0 Å². The molecular weight excluding hydrogens is 373 g/mol. The second-order valence-corrected chi connectivity index (χ2v) is 6.86. The number of rotatable bonds is 3. The molecule has 5 rings (SSSR count). The average molecular weight is 387 g/mol. The summed E-state index contributed by atoms with van der Waals surface area (Å²) < 4.78 is 43.9. The van der Waals surface area contributed by atoms with Gasteiger partial charge in [0.15, 0.2) is 0 Å². The number of carbonyl (C=O) groups is 1. The van der Waals surface area contributed by atoms with Gasteiger partial charge in [0.2, 0.25) is 11.2 Å². The van der Waals surface area contributed by atoms with Crippen LogP contribution in [0.3, 0.4) is 0 Å². The summed E-state index contributed by atoms with van der Waals surface area (Å²) >= 11 is 5.81. The third-order valence-corrected chi connectivity index (χ3v) is 5.14. The Balaban J connectivity index is 1.53. The smallest absolute Gasteiger partial charge is 0.433 e. The van der Waals surface area contributed by atoms with Crippen molar-refractivity contribution in [2.75, 3.05) is 11.4 Å². The molecule has 2 aromatic heterocycles. The largest absolute Gasteiger partial charge is 0.452 e. The maximum atomic E-state index is 13.0. The predicted octanol–water partition coefficient (Wildman–Crippen LogP) is 3.06. The number of furan rings is 1. The zero-order valence-electron chi connectivity index (χ0n) is 13.5. The van der Waals surface area contributed by atoms with Crippen LogP contribution in [0.2, 0.25) is 5.22 Å². The molecule has 10 heteroatoms. The zero-order chi connectivity index (χ0) is 18.6. The second kappa shape index (κ2) is 5.87. The van der Waals surface area contributed by atoms with Crippen molar-refractivity contribution in [3.05, 3.63) is 40.6 Å². The number of halogens is 4. The molecule has 3 fully saturated rings. The van der Waals surface area contributed by atoms with E-state index in [1.54, 1.807) is 4.90 Å². The van der Waals surface area contributed by atoms with E-state index in [0.29, 0.717) is 6.54 Å². The quantitative estimate of drug-likeness (QED) is 0.877. The number of alkyl halides is 3. The van der Waals surface area contributed by atoms with Crippen LogP contribution in [0.4, 0.5) is 19.1 Å². The lowest BCUT2D eigenvalue weighted by Gasteiger charge is -2.36. The summed E-state index contributed by atoms with van der Waals surface area (Å²) in [6.07, 6.45) is -2.45. The summed E-state index contributed by atoms with van der Waals surface area (Å²) in [4.78, 5) is 21.8. The lowest BCUT2D eigenvalue weighted by Crippen LogP contribution is -2.54. The number of hydrogen-bond acceptors (Lipinski definition) is 5. The van der Waals surface area contributed by atoms with Gasteiger partial charge in [0.25, 0.3) is 5.91 Å². The number of aryl methyl sites for hydroxylation is 1. The van der Waals surface area contributed by atoms with E-state index in [1.165, 1.54) is 19.3 Å². The van der Waals surface area contributed by atoms with Crippen LogP contribution in [0.5, 0.6) is 0 Å². The summed E-state index contributed by atoms with van der Waals surface area (Å²) in [5.41, 5.74) is -0.484. The van der Waals surface area contributed by atoms with E-state index in [-0.39, 0.29) is 46.3 Å². The molecule has 138 valence electrons. The number of carbonyl (C=O) groups excluding carboxylic acids is 1. The highest BCUT2D eigenvalue weighted by Crippen LogP contribution is 2.43. The van der Waals surface area contributed by atoms with Crippen molar-refractivity contribution in [3.8, 4) is 0 Å². The Hall–Kier alpha value is -2.29. The van der Waals surface area contributed by atoms with Crippen molar-refractivity contribution in [2.45, 2.75) is 31.6 Å². The standard InChI is InChI=1S/C16H14ClF3N4O2/c1-7-4-11(16(18,19)20)22-15(21-7)24-6-8-5-10(24)12(8)23-14(25)9-2-3-26-13(9)17/h2-4,8,10,12H,5-6H2,1H3,(H,23,25). The summed E-state index contributed by atoms with van der Waals surface area (Å²) in [6.45, 7) is 2.00. The summed E-state index contributed by atoms with van der Waals surface area (Å²) in [6, 6.07) is 2.06. The number of nitrogens with one attached hydrogen (secondary N) is 1. The molecule has 6 nitrogen and oxygen atoms in total. The fraction of sp³-hybridized carbons (Fsp3) is 0.438. The molecule has 0 spiro atoms. The van der Waals surface area contributed by atoms with Gasteiger partial charge in [-0.1, -0.05) is 0 Å². The molecule has 3 unspecified atom stereocenters. The highest BCUT2D eigenvalue weighted by Gasteiger charge is 2.54. The van der Waals surface area contributed by atoms with Crippen LogP contribution in [0.1, 0.15) is 28.2 Å². The Morgan fingerprint density at radius 3 is 2.85 bits per heavy atom. The minimum absolute atomic E-state index is 0.00265. The van der Waals surface area contributed by atoms with Crippen molar-refractivity contribution in [1.29, 1.82) is 0 Å². The first-order valence-electron chi connectivity index (χ1n) is 7.97. The molecule has 1 amide bonds. The first-order chi connectivity index (χ1) is 12.2. The molecule has 3 atom stereocenters. The summed E-state index contributed by atoms with van der Waals surface area (Å²) in [5, 5.41) is 2.88. The summed E-state index contributed by atoms with van der Waals surface area (Å²) in [5.74, 6) is -0.192. The number of aromatic nitrogens is 2. The molecule has 1 saturated carbocycles. The van der Waals surface area contributed by atoms with Gasteiger partial charge in [0, 0.05) is 18.2 Å². The minimum Gasteiger partial charge on any atom is -0.452 e. The van der Waals surface area contributed by atoms with Gasteiger partial charge in [-0.05, 0) is 37.1 Å². The molecule has 1 aliphatic carbocycles. The van der Waals surface area contributed by atoms with Gasteiger partial charge in [-0.25, -0.2) is 9.97 Å². The lowest BCUT2D eigenvalue weighted by atomic mass is 9.80. The maximum Gasteiger partial charge on any atom is 0.433 e. The van der Waals surface area contributed by atoms with Gasteiger partial charge < -0.3 is 14.6 Å². The molecule has 0 aromatic carbocycles. The Morgan fingerprint density at radius 1 is 1.42 bits per heavy atom. The third-order valence-electron chi connectivity index (χ3n) is 4.85. The number of anilines is 1. The molecule has 1 N–H and O–H groups in total. The van der Waals surface area contributed by atoms with Gasteiger partial charge in [-0.15, -0.1) is 0 Å². The van der Waals surface area contributed by atoms with Crippen LogP contribution in [0.25, 0.3) is 0 Å². The fourth-order valence-electron chi connectivity index (χ4n) is 3.57. The molecular formula is C16H14ClF3N4O2. The molecule has 0 radical (unpaired) electrons. The van der Waals surface area contributed by atoms with Crippen LogP contribution < -0.4 is 10.2 Å². The molecule has 4 heterocycles. The van der Waals surface area contributed by atoms with E-state index in [0.717, 1.165) is 12.5 Å². The first kappa shape index (κ1) is 17.1. The van der Waals surface area contributed by atoms with Crippen LogP contribution >= 0.6 is 11.6 Å². The number of fused-ring (bicyclic) bond motifs is 1. The number of hydrogen-bond donors (Lipinski definition) is 1. The Bertz CT molecular complexity index is 869. The topological polar surface area (TPSA) is 71.3 Å². The molecule has 2 bridgehead atoms. The van der Waals surface area contributed by atoms with Crippen LogP contribution in [0, 0.1) is 12.8 Å². The van der Waals surface area contributed by atoms with E-state index in [9.17, 15) is 18.0 Å². The van der Waals surface area contributed by atoms with Crippen LogP contribution in [-0.2, 0) is 6.18 Å². The molecule has 2 aromatic rings. The minimum atomic E-state index is -4.53. The van der Waals surface area contributed by atoms with E-state index < -0.39 is 11.9 Å². The van der Waals surface area contributed by atoms with E-state index >= 15 is 0 Å². The highest BCUT2D eigenvalue weighted by atomic mass is 35.5. The predicted molar refractivity (Wildman–Crippen MR) is 86.0 cm³/mol. The molecule has 3 aliphatic rings. The van der Waals surface area contributed by atoms with E-state index in [2.05, 4.69) is 15.3 Å². The lowest BCUT2D eigenvalue weighted by molar-refractivity contribution is -0.141. The maximum absolute atomic E-state index is 13.0. The van der Waals surface area contributed by atoms with E-state index in [4.69, 9.17) is 16.0 Å². The zero-order valence-corrected chi connectivity index (χ0v) is 14.3. The van der Waals surface area contributed by atoms with Crippen molar-refractivity contribution < 1.29 is 22.4 Å². The molecule has 2 aliphatic heterocycles. The third kappa shape index (κ3) is 2.80. The average Bonchev–Trinajstić information content (AvgIpc) is 3.25. The second-order valence-electron chi connectivity index (χ2n) is 6.52. The monoisotopic (exact) mass is 386 g/mol. The first-order valence-corrected chi connectivity index (χ1v) is 8.35. The Morgan fingerprint density at radius 2 is 2.19 bits per heavy atom. The van der Waals surface area contributed by atoms with Crippen molar-refractivity contribution >= 4 is 23.5 Å². The van der Waals surface area contributed by atoms with Gasteiger partial charge >= 0.3 is 6.18 Å². The van der Waals surface area contributed by atoms with Gasteiger partial charge in [-0.3, -0.25) is 4.79 Å². The van der Waals surface area contributed by atoms with Crippen molar-refractivity contribution in [2.24, 2.45) is 5.92 Å². The SMILES string of the molecule is Cc1cc(C(F)(F)F)nc(N2CC3CC2C3NC(=O)c2ccoc2Cl)n1. The summed E-state index contributed by atoms with van der Waals surface area (Å²) in [7, 11) is 0. The number of nitrogens with zero attached hydrogens (tertiary/aromatic N) is 3. The number of amides is 1. The normalized spacial score (nSPS) is 24.5. The fourth-order valence-corrected chi connectivity index (χ4v) is 3.77. The van der Waals surface area contributed by atoms with E-state index in [1.807, 2.05) is 0 Å². The highest BCUT2D eigenvalue weighted by molar-refractivity contribution is 6.32. The molecule has 26 heavy (non-hydrogen) atoms. The van der Waals surface area contributed by atoms with Crippen molar-refractivity contribution in [1.82, 2.24) is 15.3 Å². The Labute approximate surface area is 151 Å². The van der Waals surface area contributed by atoms with Gasteiger partial charge in [0.05, 0.1) is 23.9 Å². The van der Waals surface area contributed by atoms with Crippen LogP contribution in [-0.4, -0.2) is 34.5 Å². The van der Waals surface area contributed by atoms with Gasteiger partial charge in [0.1, 0.15) is 5.69 Å². The van der Waals surface area contributed by atoms with Gasteiger partial charge in [-0.2, -0.15) is 13.2 Å².